The van der Waals surface area contributed by atoms with Crippen molar-refractivity contribution in [3.8, 4) is 0 Å². The van der Waals surface area contributed by atoms with Gasteiger partial charge >= 0.3 is 0 Å². The van der Waals surface area contributed by atoms with Crippen LogP contribution in [0.5, 0.6) is 0 Å². The van der Waals surface area contributed by atoms with E-state index in [9.17, 15) is 0 Å². The van der Waals surface area contributed by atoms with E-state index >= 15 is 0 Å². The lowest BCUT2D eigenvalue weighted by Crippen LogP contribution is -2.33. The standard InChI is InChI=1S/C11H18N4O/c1-7-10(8(2)16-15-7)5-6-13-11(12)14-9-3-4-9/h9H,3-6H2,1-2H3,(H3,12,13,14). The molecule has 0 aliphatic heterocycles. The summed E-state index contributed by atoms with van der Waals surface area (Å²) in [6, 6.07) is 0.558. The van der Waals surface area contributed by atoms with E-state index in [1.54, 1.807) is 0 Å². The van der Waals surface area contributed by atoms with E-state index in [0.717, 1.165) is 23.4 Å². The van der Waals surface area contributed by atoms with Crippen LogP contribution in [0.4, 0.5) is 0 Å². The highest BCUT2D eigenvalue weighted by molar-refractivity contribution is 5.78. The zero-order chi connectivity index (χ0) is 11.5. The van der Waals surface area contributed by atoms with E-state index in [2.05, 4.69) is 15.5 Å². The fourth-order valence-electron chi connectivity index (χ4n) is 1.63. The molecule has 0 atom stereocenters. The molecule has 1 aliphatic carbocycles. The largest absolute Gasteiger partial charge is 0.370 e. The predicted octanol–water partition coefficient (Wildman–Crippen LogP) is 0.901. The molecule has 2 rings (SSSR count). The van der Waals surface area contributed by atoms with Gasteiger partial charge in [-0.15, -0.1) is 0 Å². The molecular formula is C11H18N4O. The highest BCUT2D eigenvalue weighted by Crippen LogP contribution is 2.18. The Morgan fingerprint density at radius 2 is 2.31 bits per heavy atom. The van der Waals surface area contributed by atoms with Gasteiger partial charge in [0.15, 0.2) is 5.96 Å². The van der Waals surface area contributed by atoms with Gasteiger partial charge in [-0.3, -0.25) is 4.99 Å². The van der Waals surface area contributed by atoms with Crippen molar-refractivity contribution in [2.24, 2.45) is 10.7 Å². The van der Waals surface area contributed by atoms with Gasteiger partial charge in [0, 0.05) is 18.2 Å². The SMILES string of the molecule is Cc1noc(C)c1CCN=C(N)NC1CC1. The molecule has 5 nitrogen and oxygen atoms in total. The molecule has 1 saturated carbocycles. The number of nitrogens with two attached hydrogens (primary N) is 1. The predicted molar refractivity (Wildman–Crippen MR) is 62.3 cm³/mol. The average Bonchev–Trinajstić information content (AvgIpc) is 2.99. The molecule has 0 radical (unpaired) electrons. The van der Waals surface area contributed by atoms with Gasteiger partial charge in [-0.05, 0) is 33.1 Å². The quantitative estimate of drug-likeness (QED) is 0.586. The van der Waals surface area contributed by atoms with Gasteiger partial charge in [0.2, 0.25) is 0 Å². The Hall–Kier alpha value is -1.52. The van der Waals surface area contributed by atoms with Crippen molar-refractivity contribution in [2.45, 2.75) is 39.2 Å². The Morgan fingerprint density at radius 1 is 1.56 bits per heavy atom. The molecule has 88 valence electrons. The lowest BCUT2D eigenvalue weighted by molar-refractivity contribution is 0.392. The minimum absolute atomic E-state index is 0.550. The van der Waals surface area contributed by atoms with Crippen LogP contribution in [0.1, 0.15) is 29.9 Å². The minimum atomic E-state index is 0.550. The zero-order valence-corrected chi connectivity index (χ0v) is 9.79. The molecule has 0 aromatic carbocycles. The molecule has 1 aromatic rings. The maximum atomic E-state index is 5.73. The summed E-state index contributed by atoms with van der Waals surface area (Å²) in [4.78, 5) is 4.28. The van der Waals surface area contributed by atoms with Crippen LogP contribution in [0.3, 0.4) is 0 Å². The summed E-state index contributed by atoms with van der Waals surface area (Å²) < 4.78 is 5.08. The van der Waals surface area contributed by atoms with Crippen LogP contribution in [0.15, 0.2) is 9.52 Å². The maximum absolute atomic E-state index is 5.73. The molecule has 0 unspecified atom stereocenters. The average molecular weight is 222 g/mol. The van der Waals surface area contributed by atoms with Crippen molar-refractivity contribution in [3.05, 3.63) is 17.0 Å². The molecule has 5 heteroatoms. The highest BCUT2D eigenvalue weighted by atomic mass is 16.5. The second kappa shape index (κ2) is 4.55. The van der Waals surface area contributed by atoms with Gasteiger partial charge < -0.3 is 15.6 Å². The number of hydrogen-bond donors (Lipinski definition) is 2. The minimum Gasteiger partial charge on any atom is -0.370 e. The highest BCUT2D eigenvalue weighted by Gasteiger charge is 2.21. The van der Waals surface area contributed by atoms with Crippen LogP contribution < -0.4 is 11.1 Å². The summed E-state index contributed by atoms with van der Waals surface area (Å²) in [5.41, 5.74) is 7.82. The molecule has 1 heterocycles. The Bertz CT molecular complexity index is 373. The van der Waals surface area contributed by atoms with Crippen LogP contribution in [0.25, 0.3) is 0 Å². The molecule has 1 fully saturated rings. The first-order valence-corrected chi connectivity index (χ1v) is 5.65. The number of rotatable bonds is 4. The Balaban J connectivity index is 1.82. The first-order valence-electron chi connectivity index (χ1n) is 5.65. The van der Waals surface area contributed by atoms with E-state index in [4.69, 9.17) is 10.3 Å². The normalized spacial score (nSPS) is 16.5. The van der Waals surface area contributed by atoms with Crippen molar-refractivity contribution < 1.29 is 4.52 Å². The molecule has 1 aromatic heterocycles. The van der Waals surface area contributed by atoms with Crippen LogP contribution >= 0.6 is 0 Å². The van der Waals surface area contributed by atoms with Crippen molar-refractivity contribution in [3.63, 3.8) is 0 Å². The third-order valence-corrected chi connectivity index (χ3v) is 2.75. The fraction of sp³-hybridized carbons (Fsp3) is 0.636. The summed E-state index contributed by atoms with van der Waals surface area (Å²) in [6.45, 7) is 4.54. The Labute approximate surface area is 95.1 Å². The zero-order valence-electron chi connectivity index (χ0n) is 9.79. The number of nitrogens with one attached hydrogen (secondary N) is 1. The van der Waals surface area contributed by atoms with Crippen LogP contribution in [0, 0.1) is 13.8 Å². The lowest BCUT2D eigenvalue weighted by atomic mass is 10.1. The monoisotopic (exact) mass is 222 g/mol. The molecule has 0 spiro atoms. The van der Waals surface area contributed by atoms with Crippen molar-refractivity contribution >= 4 is 5.96 Å². The summed E-state index contributed by atoms with van der Waals surface area (Å²) >= 11 is 0. The van der Waals surface area contributed by atoms with Gasteiger partial charge in [-0.25, -0.2) is 0 Å². The van der Waals surface area contributed by atoms with E-state index in [1.165, 1.54) is 12.8 Å². The van der Waals surface area contributed by atoms with Gasteiger partial charge in [0.1, 0.15) is 5.76 Å². The number of aryl methyl sites for hydroxylation is 2. The summed E-state index contributed by atoms with van der Waals surface area (Å²) in [6.07, 6.45) is 3.24. The number of hydrogen-bond acceptors (Lipinski definition) is 3. The smallest absolute Gasteiger partial charge is 0.188 e. The van der Waals surface area contributed by atoms with Crippen molar-refractivity contribution in [1.82, 2.24) is 10.5 Å². The number of nitrogens with zero attached hydrogens (tertiary/aromatic N) is 2. The third kappa shape index (κ3) is 2.74. The van der Waals surface area contributed by atoms with E-state index in [-0.39, 0.29) is 0 Å². The summed E-state index contributed by atoms with van der Waals surface area (Å²) in [5, 5.41) is 7.05. The van der Waals surface area contributed by atoms with Crippen LogP contribution in [-0.2, 0) is 6.42 Å². The Kier molecular flexibility index (Phi) is 3.12. The van der Waals surface area contributed by atoms with E-state index < -0.39 is 0 Å². The lowest BCUT2D eigenvalue weighted by Gasteiger charge is -2.02. The van der Waals surface area contributed by atoms with E-state index in [1.807, 2.05) is 13.8 Å². The third-order valence-electron chi connectivity index (χ3n) is 2.75. The summed E-state index contributed by atoms with van der Waals surface area (Å²) in [5.74, 6) is 1.43. The molecule has 0 saturated heterocycles. The first-order chi connectivity index (χ1) is 7.66. The molecule has 3 N–H and O–H groups in total. The second-order valence-corrected chi connectivity index (χ2v) is 4.24. The van der Waals surface area contributed by atoms with E-state index in [0.29, 0.717) is 18.5 Å². The number of aliphatic imine (C=N–C) groups is 1. The Morgan fingerprint density at radius 3 is 2.88 bits per heavy atom. The first kappa shape index (κ1) is 11.0. The summed E-state index contributed by atoms with van der Waals surface area (Å²) in [7, 11) is 0. The van der Waals surface area contributed by atoms with Gasteiger partial charge in [0.25, 0.3) is 0 Å². The topological polar surface area (TPSA) is 76.4 Å². The molecule has 1 aliphatic rings. The fourth-order valence-corrected chi connectivity index (χ4v) is 1.63. The van der Waals surface area contributed by atoms with Gasteiger partial charge in [-0.1, -0.05) is 5.16 Å². The van der Waals surface area contributed by atoms with Crippen molar-refractivity contribution in [1.29, 1.82) is 0 Å². The molecule has 0 amide bonds. The van der Waals surface area contributed by atoms with Crippen LogP contribution in [-0.4, -0.2) is 23.7 Å². The molecule has 16 heavy (non-hydrogen) atoms. The van der Waals surface area contributed by atoms with Crippen LogP contribution in [0.2, 0.25) is 0 Å². The van der Waals surface area contributed by atoms with Crippen molar-refractivity contribution in [2.75, 3.05) is 6.54 Å². The van der Waals surface area contributed by atoms with Gasteiger partial charge in [0.05, 0.1) is 5.69 Å². The van der Waals surface area contributed by atoms with Gasteiger partial charge in [-0.2, -0.15) is 0 Å². The number of guanidine groups is 1. The molecule has 0 bridgehead atoms. The maximum Gasteiger partial charge on any atom is 0.188 e. The molecular weight excluding hydrogens is 204 g/mol. The number of aromatic nitrogens is 1. The second-order valence-electron chi connectivity index (χ2n) is 4.24.